The van der Waals surface area contributed by atoms with E-state index in [4.69, 9.17) is 0 Å². The molecular weight excluding hydrogens is 373 g/mol. The highest BCUT2D eigenvalue weighted by Crippen LogP contribution is 2.60. The number of halogens is 1. The molecule has 0 aliphatic carbocycles. The first-order chi connectivity index (χ1) is 14.0. The summed E-state index contributed by atoms with van der Waals surface area (Å²) in [6.07, 6.45) is 1.63. The lowest BCUT2D eigenvalue weighted by Gasteiger charge is -2.36. The summed E-state index contributed by atoms with van der Waals surface area (Å²) in [6.45, 7) is 0.667. The van der Waals surface area contributed by atoms with Gasteiger partial charge in [0, 0.05) is 17.3 Å². The first-order valence-corrected chi connectivity index (χ1v) is 9.86. The van der Waals surface area contributed by atoms with E-state index in [-0.39, 0.29) is 23.5 Å². The van der Waals surface area contributed by atoms with Crippen LogP contribution in [0.15, 0.2) is 48.5 Å². The molecule has 4 aliphatic rings. The summed E-state index contributed by atoms with van der Waals surface area (Å²) >= 11 is 0. The van der Waals surface area contributed by atoms with Gasteiger partial charge in [-0.3, -0.25) is 19.3 Å². The lowest BCUT2D eigenvalue weighted by molar-refractivity contribution is -0.135. The summed E-state index contributed by atoms with van der Waals surface area (Å²) in [6, 6.07) is 12.7. The highest BCUT2D eigenvalue weighted by molar-refractivity contribution is 6.25. The molecule has 2 aromatic carbocycles. The number of anilines is 2. The molecule has 4 aliphatic heterocycles. The van der Waals surface area contributed by atoms with Crippen molar-refractivity contribution in [1.29, 1.82) is 0 Å². The van der Waals surface area contributed by atoms with Crippen LogP contribution in [0.4, 0.5) is 15.8 Å². The molecule has 0 bridgehead atoms. The van der Waals surface area contributed by atoms with Crippen molar-refractivity contribution in [3.05, 3.63) is 59.9 Å². The predicted octanol–water partition coefficient (Wildman–Crippen LogP) is 2.26. The lowest BCUT2D eigenvalue weighted by atomic mass is 9.75. The third-order valence-corrected chi connectivity index (χ3v) is 6.97. The Morgan fingerprint density at radius 1 is 1.03 bits per heavy atom. The Hall–Kier alpha value is -3.06. The second-order valence-electron chi connectivity index (χ2n) is 8.16. The molecular formula is C22H18FN3O3. The summed E-state index contributed by atoms with van der Waals surface area (Å²) in [5.74, 6) is -2.94. The fourth-order valence-electron chi connectivity index (χ4n) is 6.03. The number of hydrogen-bond donors (Lipinski definition) is 1. The SMILES string of the molecule is O=C1C2C3CCCN3C3(C(=O)Nc4ccccc43)C2C(=O)N1c1cccc(F)c1. The summed E-state index contributed by atoms with van der Waals surface area (Å²) in [7, 11) is 0. The van der Waals surface area contributed by atoms with Gasteiger partial charge in [-0.25, -0.2) is 9.29 Å². The fourth-order valence-corrected chi connectivity index (χ4v) is 6.03. The van der Waals surface area contributed by atoms with Crippen LogP contribution in [0, 0.1) is 17.7 Å². The number of amides is 3. The molecule has 29 heavy (non-hydrogen) atoms. The smallest absolute Gasteiger partial charge is 0.250 e. The number of nitrogens with one attached hydrogen (secondary N) is 1. The molecule has 0 radical (unpaired) electrons. The van der Waals surface area contributed by atoms with Crippen molar-refractivity contribution < 1.29 is 18.8 Å². The predicted molar refractivity (Wildman–Crippen MR) is 102 cm³/mol. The quantitative estimate of drug-likeness (QED) is 0.757. The van der Waals surface area contributed by atoms with E-state index >= 15 is 0 Å². The van der Waals surface area contributed by atoms with Gasteiger partial charge in [0.1, 0.15) is 11.4 Å². The van der Waals surface area contributed by atoms with E-state index in [1.165, 1.54) is 18.2 Å². The van der Waals surface area contributed by atoms with Crippen LogP contribution in [-0.4, -0.2) is 35.2 Å². The number of para-hydroxylation sites is 1. The number of carbonyl (C=O) groups is 3. The molecule has 7 heteroatoms. The van der Waals surface area contributed by atoms with Gasteiger partial charge >= 0.3 is 0 Å². The van der Waals surface area contributed by atoms with Gasteiger partial charge in [0.15, 0.2) is 0 Å². The van der Waals surface area contributed by atoms with Gasteiger partial charge in [0.2, 0.25) is 17.7 Å². The largest absolute Gasteiger partial charge is 0.324 e. The van der Waals surface area contributed by atoms with Gasteiger partial charge in [0.05, 0.1) is 17.5 Å². The average molecular weight is 391 g/mol. The van der Waals surface area contributed by atoms with Crippen molar-refractivity contribution in [3.63, 3.8) is 0 Å². The van der Waals surface area contributed by atoms with Crippen molar-refractivity contribution in [3.8, 4) is 0 Å². The van der Waals surface area contributed by atoms with E-state index in [2.05, 4.69) is 10.2 Å². The molecule has 0 saturated carbocycles. The van der Waals surface area contributed by atoms with Gasteiger partial charge < -0.3 is 5.32 Å². The van der Waals surface area contributed by atoms with Crippen molar-refractivity contribution >= 4 is 29.1 Å². The van der Waals surface area contributed by atoms with Crippen LogP contribution in [0.1, 0.15) is 18.4 Å². The molecule has 4 unspecified atom stereocenters. The molecule has 6 rings (SSSR count). The first kappa shape index (κ1) is 16.9. The van der Waals surface area contributed by atoms with Crippen LogP contribution in [0.2, 0.25) is 0 Å². The van der Waals surface area contributed by atoms with Crippen LogP contribution in [0.25, 0.3) is 0 Å². The first-order valence-electron chi connectivity index (χ1n) is 9.86. The Bertz CT molecular complexity index is 1100. The van der Waals surface area contributed by atoms with Crippen LogP contribution in [0.5, 0.6) is 0 Å². The molecule has 4 heterocycles. The third kappa shape index (κ3) is 1.86. The molecule has 3 amide bonds. The number of hydrogen-bond acceptors (Lipinski definition) is 4. The zero-order valence-electron chi connectivity index (χ0n) is 15.5. The number of rotatable bonds is 1. The summed E-state index contributed by atoms with van der Waals surface area (Å²) < 4.78 is 13.8. The molecule has 0 aromatic heterocycles. The molecule has 3 saturated heterocycles. The lowest BCUT2D eigenvalue weighted by Crippen LogP contribution is -2.54. The van der Waals surface area contributed by atoms with E-state index in [0.717, 1.165) is 23.3 Å². The average Bonchev–Trinajstić information content (AvgIpc) is 3.40. The molecule has 1 N–H and O–H groups in total. The van der Waals surface area contributed by atoms with E-state index < -0.39 is 29.1 Å². The minimum Gasteiger partial charge on any atom is -0.324 e. The molecule has 6 nitrogen and oxygen atoms in total. The van der Waals surface area contributed by atoms with Crippen LogP contribution >= 0.6 is 0 Å². The minimum absolute atomic E-state index is 0.174. The van der Waals surface area contributed by atoms with Crippen LogP contribution in [0.3, 0.4) is 0 Å². The second-order valence-corrected chi connectivity index (χ2v) is 8.16. The van der Waals surface area contributed by atoms with Crippen molar-refractivity contribution in [1.82, 2.24) is 4.90 Å². The Balaban J connectivity index is 1.56. The maximum atomic E-state index is 13.8. The topological polar surface area (TPSA) is 69.7 Å². The third-order valence-electron chi connectivity index (χ3n) is 6.97. The molecule has 3 fully saturated rings. The summed E-state index contributed by atoms with van der Waals surface area (Å²) in [5.41, 5.74) is 0.484. The van der Waals surface area contributed by atoms with Gasteiger partial charge in [-0.15, -0.1) is 0 Å². The van der Waals surface area contributed by atoms with Crippen molar-refractivity contribution in [2.24, 2.45) is 11.8 Å². The number of benzene rings is 2. The Kier molecular flexibility index (Phi) is 3.20. The Labute approximate surface area is 166 Å². The number of fused-ring (bicyclic) bond motifs is 7. The summed E-state index contributed by atoms with van der Waals surface area (Å²) in [4.78, 5) is 43.6. The van der Waals surface area contributed by atoms with Crippen molar-refractivity contribution in [2.75, 3.05) is 16.8 Å². The van der Waals surface area contributed by atoms with Gasteiger partial charge in [0.25, 0.3) is 0 Å². The standard InChI is InChI=1S/C22H18FN3O3/c23-12-5-3-6-13(11-12)26-19(27)17-16-9-4-10-25(16)22(18(17)20(26)28)14-7-1-2-8-15(14)24-21(22)29/h1-3,5-8,11,16-18H,4,9-10H2,(H,24,29). The Morgan fingerprint density at radius 3 is 2.69 bits per heavy atom. The molecule has 146 valence electrons. The van der Waals surface area contributed by atoms with Crippen molar-refractivity contribution in [2.45, 2.75) is 24.4 Å². The highest BCUT2D eigenvalue weighted by atomic mass is 19.1. The van der Waals surface area contributed by atoms with E-state index in [1.54, 1.807) is 6.07 Å². The zero-order chi connectivity index (χ0) is 19.9. The number of carbonyl (C=O) groups excluding carboxylic acids is 3. The van der Waals surface area contributed by atoms with Gasteiger partial charge in [-0.05, 0) is 43.7 Å². The van der Waals surface area contributed by atoms with Crippen LogP contribution < -0.4 is 10.2 Å². The van der Waals surface area contributed by atoms with Gasteiger partial charge in [-0.1, -0.05) is 24.3 Å². The van der Waals surface area contributed by atoms with Crippen LogP contribution in [-0.2, 0) is 19.9 Å². The Morgan fingerprint density at radius 2 is 1.86 bits per heavy atom. The maximum Gasteiger partial charge on any atom is 0.250 e. The molecule has 1 spiro atoms. The molecule has 2 aromatic rings. The minimum atomic E-state index is -1.18. The monoisotopic (exact) mass is 391 g/mol. The molecule has 4 atom stereocenters. The second kappa shape index (κ2) is 5.51. The summed E-state index contributed by atoms with van der Waals surface area (Å²) in [5, 5.41) is 2.93. The van der Waals surface area contributed by atoms with E-state index in [0.29, 0.717) is 12.2 Å². The maximum absolute atomic E-state index is 13.8. The van der Waals surface area contributed by atoms with E-state index in [1.807, 2.05) is 24.3 Å². The highest BCUT2D eigenvalue weighted by Gasteiger charge is 2.74. The van der Waals surface area contributed by atoms with Gasteiger partial charge in [-0.2, -0.15) is 0 Å². The zero-order valence-corrected chi connectivity index (χ0v) is 15.5. The number of imide groups is 1. The normalized spacial score (nSPS) is 32.7. The fraction of sp³-hybridized carbons (Fsp3) is 0.318. The number of nitrogens with zero attached hydrogens (tertiary/aromatic N) is 2. The van der Waals surface area contributed by atoms with E-state index in [9.17, 15) is 18.8 Å².